The van der Waals surface area contributed by atoms with Crippen molar-refractivity contribution in [3.8, 4) is 0 Å². The van der Waals surface area contributed by atoms with Crippen molar-refractivity contribution in [1.29, 1.82) is 0 Å². The van der Waals surface area contributed by atoms with Crippen molar-refractivity contribution in [3.63, 3.8) is 0 Å². The van der Waals surface area contributed by atoms with E-state index in [0.717, 1.165) is 5.46 Å². The summed E-state index contributed by atoms with van der Waals surface area (Å²) < 4.78 is 11.9. The number of aryl methyl sites for hydroxylation is 1. The quantitative estimate of drug-likeness (QED) is 0.710. The van der Waals surface area contributed by atoms with E-state index in [0.29, 0.717) is 0 Å². The number of hydrogen-bond acceptors (Lipinski definition) is 2. The minimum Gasteiger partial charge on any atom is -0.399 e. The summed E-state index contributed by atoms with van der Waals surface area (Å²) in [7, 11) is -0.249. The van der Waals surface area contributed by atoms with Gasteiger partial charge in [0.2, 0.25) is 0 Å². The lowest BCUT2D eigenvalue weighted by Gasteiger charge is -2.32. The first kappa shape index (κ1) is 10.8. The molecule has 0 unspecified atom stereocenters. The summed E-state index contributed by atoms with van der Waals surface area (Å²) in [6.07, 6.45) is 3.90. The highest BCUT2D eigenvalue weighted by Gasteiger charge is 2.52. The molecule has 0 bridgehead atoms. The third kappa shape index (κ3) is 1.62. The van der Waals surface area contributed by atoms with Crippen LogP contribution in [0.5, 0.6) is 0 Å². The zero-order chi connectivity index (χ0) is 11.3. The predicted molar refractivity (Wildman–Crippen MR) is 61.2 cm³/mol. The standard InChI is InChI=1S/C11H18BNO2/c1-8-6-13-7-9(8)12-14-10(2,3)11(4,5)15-12/h6-7,13H,1-5H3. The Kier molecular flexibility index (Phi) is 2.24. The maximum Gasteiger partial charge on any atom is 0.496 e. The lowest BCUT2D eigenvalue weighted by Crippen LogP contribution is -2.41. The van der Waals surface area contributed by atoms with Crippen molar-refractivity contribution < 1.29 is 9.31 Å². The molecular formula is C11H18BNO2. The fourth-order valence-corrected chi connectivity index (χ4v) is 1.68. The molecule has 1 N–H and O–H groups in total. The summed E-state index contributed by atoms with van der Waals surface area (Å²) in [4.78, 5) is 3.07. The van der Waals surface area contributed by atoms with Crippen molar-refractivity contribution in [1.82, 2.24) is 4.98 Å². The van der Waals surface area contributed by atoms with E-state index in [9.17, 15) is 0 Å². The highest BCUT2D eigenvalue weighted by Crippen LogP contribution is 2.36. The third-order valence-corrected chi connectivity index (χ3v) is 3.50. The zero-order valence-corrected chi connectivity index (χ0v) is 10.0. The van der Waals surface area contributed by atoms with Gasteiger partial charge in [0.15, 0.2) is 0 Å². The maximum atomic E-state index is 5.95. The molecule has 3 nitrogen and oxygen atoms in total. The van der Waals surface area contributed by atoms with E-state index in [4.69, 9.17) is 9.31 Å². The van der Waals surface area contributed by atoms with Crippen LogP contribution in [0.15, 0.2) is 12.4 Å². The summed E-state index contributed by atoms with van der Waals surface area (Å²) in [5, 5.41) is 0. The molecule has 0 aromatic carbocycles. The second-order valence-corrected chi connectivity index (χ2v) is 5.18. The van der Waals surface area contributed by atoms with Crippen LogP contribution >= 0.6 is 0 Å². The molecule has 1 aromatic rings. The van der Waals surface area contributed by atoms with Gasteiger partial charge in [0.1, 0.15) is 0 Å². The Bertz CT molecular complexity index is 354. The van der Waals surface area contributed by atoms with Gasteiger partial charge in [-0.3, -0.25) is 0 Å². The molecule has 0 saturated carbocycles. The Morgan fingerprint density at radius 2 is 1.60 bits per heavy atom. The smallest absolute Gasteiger partial charge is 0.399 e. The summed E-state index contributed by atoms with van der Waals surface area (Å²) in [6, 6.07) is 0. The van der Waals surface area contributed by atoms with Gasteiger partial charge in [0, 0.05) is 17.9 Å². The molecule has 0 radical (unpaired) electrons. The van der Waals surface area contributed by atoms with Crippen molar-refractivity contribution in [2.75, 3.05) is 0 Å². The number of rotatable bonds is 1. The normalized spacial score (nSPS) is 23.4. The molecule has 82 valence electrons. The van der Waals surface area contributed by atoms with Gasteiger partial charge >= 0.3 is 7.12 Å². The Hall–Kier alpha value is -0.735. The lowest BCUT2D eigenvalue weighted by atomic mass is 9.79. The Balaban J connectivity index is 2.27. The van der Waals surface area contributed by atoms with Crippen LogP contribution in [-0.4, -0.2) is 23.3 Å². The van der Waals surface area contributed by atoms with Crippen LogP contribution in [0.1, 0.15) is 33.3 Å². The highest BCUT2D eigenvalue weighted by atomic mass is 16.7. The van der Waals surface area contributed by atoms with Crippen LogP contribution in [0.3, 0.4) is 0 Å². The summed E-state index contributed by atoms with van der Waals surface area (Å²) in [6.45, 7) is 10.3. The second kappa shape index (κ2) is 3.13. The minimum absolute atomic E-state index is 0.249. The minimum atomic E-state index is -0.263. The van der Waals surface area contributed by atoms with Crippen molar-refractivity contribution >= 4 is 12.6 Å². The fraction of sp³-hybridized carbons (Fsp3) is 0.636. The molecule has 0 spiro atoms. The van der Waals surface area contributed by atoms with Gasteiger partial charge in [0.25, 0.3) is 0 Å². The molecule has 1 saturated heterocycles. The van der Waals surface area contributed by atoms with Crippen molar-refractivity contribution in [2.45, 2.75) is 45.8 Å². The summed E-state index contributed by atoms with van der Waals surface area (Å²) >= 11 is 0. The zero-order valence-electron chi connectivity index (χ0n) is 10.0. The largest absolute Gasteiger partial charge is 0.496 e. The van der Waals surface area contributed by atoms with Crippen molar-refractivity contribution in [3.05, 3.63) is 18.0 Å². The van der Waals surface area contributed by atoms with E-state index < -0.39 is 0 Å². The average Bonchev–Trinajstić information content (AvgIpc) is 2.55. The molecule has 4 heteroatoms. The first-order valence-corrected chi connectivity index (χ1v) is 5.32. The van der Waals surface area contributed by atoms with E-state index in [2.05, 4.69) is 39.6 Å². The predicted octanol–water partition coefficient (Wildman–Crippen LogP) is 1.62. The number of aromatic nitrogens is 1. The van der Waals surface area contributed by atoms with Crippen molar-refractivity contribution in [2.24, 2.45) is 0 Å². The van der Waals surface area contributed by atoms with Crippen LogP contribution in [0.2, 0.25) is 0 Å². The van der Waals surface area contributed by atoms with E-state index in [1.807, 2.05) is 12.4 Å². The molecule has 1 aliphatic rings. The number of H-pyrrole nitrogens is 1. The average molecular weight is 207 g/mol. The summed E-state index contributed by atoms with van der Waals surface area (Å²) in [5.41, 5.74) is 1.74. The first-order valence-electron chi connectivity index (χ1n) is 5.32. The molecule has 0 aliphatic carbocycles. The number of hydrogen-bond donors (Lipinski definition) is 1. The van der Waals surface area contributed by atoms with Crippen LogP contribution in [0.25, 0.3) is 0 Å². The van der Waals surface area contributed by atoms with Gasteiger partial charge in [-0.25, -0.2) is 0 Å². The van der Waals surface area contributed by atoms with E-state index >= 15 is 0 Å². The molecule has 1 aliphatic heterocycles. The van der Waals surface area contributed by atoms with E-state index in [-0.39, 0.29) is 18.3 Å². The molecule has 0 amide bonds. The Morgan fingerprint density at radius 1 is 1.07 bits per heavy atom. The summed E-state index contributed by atoms with van der Waals surface area (Å²) in [5.74, 6) is 0. The van der Waals surface area contributed by atoms with Gasteiger partial charge < -0.3 is 14.3 Å². The molecule has 0 atom stereocenters. The third-order valence-electron chi connectivity index (χ3n) is 3.50. The SMILES string of the molecule is Cc1c[nH]cc1B1OC(C)(C)C(C)(C)O1. The monoisotopic (exact) mass is 207 g/mol. The van der Waals surface area contributed by atoms with Crippen LogP contribution < -0.4 is 5.46 Å². The molecule has 15 heavy (non-hydrogen) atoms. The highest BCUT2D eigenvalue weighted by molar-refractivity contribution is 6.62. The van der Waals surface area contributed by atoms with Gasteiger partial charge in [0.05, 0.1) is 11.2 Å². The topological polar surface area (TPSA) is 34.2 Å². The van der Waals surface area contributed by atoms with E-state index in [1.54, 1.807) is 0 Å². The fourth-order valence-electron chi connectivity index (χ4n) is 1.68. The van der Waals surface area contributed by atoms with Crippen LogP contribution in [0, 0.1) is 6.92 Å². The number of aromatic amines is 1. The van der Waals surface area contributed by atoms with Gasteiger partial charge in [-0.15, -0.1) is 0 Å². The molecule has 2 rings (SSSR count). The molecule has 1 aromatic heterocycles. The molecular weight excluding hydrogens is 189 g/mol. The Labute approximate surface area is 91.3 Å². The van der Waals surface area contributed by atoms with Gasteiger partial charge in [-0.05, 0) is 40.2 Å². The molecule has 2 heterocycles. The lowest BCUT2D eigenvalue weighted by molar-refractivity contribution is 0.00578. The second-order valence-electron chi connectivity index (χ2n) is 5.18. The number of nitrogens with one attached hydrogen (secondary N) is 1. The van der Waals surface area contributed by atoms with E-state index in [1.165, 1.54) is 5.56 Å². The van der Waals surface area contributed by atoms with Crippen LogP contribution in [0.4, 0.5) is 0 Å². The maximum absolute atomic E-state index is 5.95. The molecule has 1 fully saturated rings. The van der Waals surface area contributed by atoms with Gasteiger partial charge in [-0.1, -0.05) is 0 Å². The first-order chi connectivity index (χ1) is 6.83. The van der Waals surface area contributed by atoms with Gasteiger partial charge in [-0.2, -0.15) is 0 Å². The van der Waals surface area contributed by atoms with Crippen LogP contribution in [-0.2, 0) is 9.31 Å². The Morgan fingerprint density at radius 3 is 2.00 bits per heavy atom.